The molecule has 5 heteroatoms. The molecule has 0 saturated heterocycles. The van der Waals surface area contributed by atoms with Crippen LogP contribution in [0.15, 0.2) is 22.7 Å². The van der Waals surface area contributed by atoms with E-state index in [1.54, 1.807) is 7.11 Å². The van der Waals surface area contributed by atoms with Crippen molar-refractivity contribution < 1.29 is 9.53 Å². The molecular formula is C12H17BrN2O2. The van der Waals surface area contributed by atoms with Crippen LogP contribution in [0.5, 0.6) is 0 Å². The number of hydrogen-bond acceptors (Lipinski definition) is 3. The molecule has 0 aromatic heterocycles. The molecule has 1 atom stereocenters. The highest BCUT2D eigenvalue weighted by Crippen LogP contribution is 2.23. The largest absolute Gasteiger partial charge is 0.385 e. The minimum Gasteiger partial charge on any atom is -0.385 e. The van der Waals surface area contributed by atoms with Crippen molar-refractivity contribution in [1.82, 2.24) is 0 Å². The molecule has 0 aliphatic carbocycles. The van der Waals surface area contributed by atoms with E-state index in [1.165, 1.54) is 0 Å². The zero-order valence-electron chi connectivity index (χ0n) is 10.00. The number of anilines is 1. The number of hydrogen-bond donors (Lipinski definition) is 2. The van der Waals surface area contributed by atoms with Crippen molar-refractivity contribution in [3.63, 3.8) is 0 Å². The van der Waals surface area contributed by atoms with Gasteiger partial charge in [-0.1, -0.05) is 6.07 Å². The van der Waals surface area contributed by atoms with Crippen molar-refractivity contribution in [3.8, 4) is 0 Å². The third-order valence-electron chi connectivity index (χ3n) is 2.35. The Balaban J connectivity index is 2.64. The number of ether oxygens (including phenoxy) is 1. The summed E-state index contributed by atoms with van der Waals surface area (Å²) in [5.74, 6) is -0.201. The van der Waals surface area contributed by atoms with Crippen LogP contribution >= 0.6 is 15.9 Å². The van der Waals surface area contributed by atoms with Crippen molar-refractivity contribution in [1.29, 1.82) is 0 Å². The van der Waals surface area contributed by atoms with E-state index in [2.05, 4.69) is 21.2 Å². The first-order valence-corrected chi connectivity index (χ1v) is 6.15. The van der Waals surface area contributed by atoms with Gasteiger partial charge in [-0.25, -0.2) is 0 Å². The van der Waals surface area contributed by atoms with Crippen LogP contribution in [-0.4, -0.2) is 25.7 Å². The molecule has 4 nitrogen and oxygen atoms in total. The van der Waals surface area contributed by atoms with Crippen LogP contribution in [0.1, 0.15) is 12.0 Å². The average molecular weight is 301 g/mol. The SMILES string of the molecule is COCCC(N)C(=O)Nc1cc(C)ccc1Br. The Morgan fingerprint density at radius 2 is 2.29 bits per heavy atom. The molecule has 1 unspecified atom stereocenters. The van der Waals surface area contributed by atoms with Gasteiger partial charge in [0.15, 0.2) is 0 Å². The Labute approximate surface area is 110 Å². The third-order valence-corrected chi connectivity index (χ3v) is 3.04. The van der Waals surface area contributed by atoms with Gasteiger partial charge in [0.1, 0.15) is 0 Å². The molecule has 0 radical (unpaired) electrons. The summed E-state index contributed by atoms with van der Waals surface area (Å²) in [6.07, 6.45) is 0.506. The van der Waals surface area contributed by atoms with Gasteiger partial charge in [0.05, 0.1) is 11.7 Å². The van der Waals surface area contributed by atoms with Gasteiger partial charge in [0, 0.05) is 18.2 Å². The van der Waals surface area contributed by atoms with Crippen LogP contribution in [0.25, 0.3) is 0 Å². The standard InChI is InChI=1S/C12H17BrN2O2/c1-8-3-4-9(13)11(7-8)15-12(16)10(14)5-6-17-2/h3-4,7,10H,5-6,14H2,1-2H3,(H,15,16). The van der Waals surface area contributed by atoms with Gasteiger partial charge in [0.2, 0.25) is 5.91 Å². The Bertz CT molecular complexity index is 396. The number of aryl methyl sites for hydroxylation is 1. The smallest absolute Gasteiger partial charge is 0.241 e. The molecule has 1 amide bonds. The number of carbonyl (C=O) groups is 1. The second kappa shape index (κ2) is 6.74. The molecule has 0 saturated carbocycles. The van der Waals surface area contributed by atoms with E-state index in [0.717, 1.165) is 15.7 Å². The molecule has 3 N–H and O–H groups in total. The predicted octanol–water partition coefficient (Wildman–Crippen LogP) is 2.06. The lowest BCUT2D eigenvalue weighted by Gasteiger charge is -2.13. The van der Waals surface area contributed by atoms with E-state index in [0.29, 0.717) is 13.0 Å². The molecule has 17 heavy (non-hydrogen) atoms. The number of rotatable bonds is 5. The minimum atomic E-state index is -0.553. The number of benzene rings is 1. The molecule has 0 fully saturated rings. The Morgan fingerprint density at radius 3 is 2.94 bits per heavy atom. The summed E-state index contributed by atoms with van der Waals surface area (Å²) < 4.78 is 5.73. The highest BCUT2D eigenvalue weighted by atomic mass is 79.9. The highest BCUT2D eigenvalue weighted by molar-refractivity contribution is 9.10. The van der Waals surface area contributed by atoms with Crippen molar-refractivity contribution in [3.05, 3.63) is 28.2 Å². The highest BCUT2D eigenvalue weighted by Gasteiger charge is 2.14. The minimum absolute atomic E-state index is 0.201. The fourth-order valence-electron chi connectivity index (χ4n) is 1.34. The van der Waals surface area contributed by atoms with Crippen LogP contribution in [0.4, 0.5) is 5.69 Å². The summed E-state index contributed by atoms with van der Waals surface area (Å²) in [6, 6.07) is 5.20. The summed E-state index contributed by atoms with van der Waals surface area (Å²) in [5.41, 5.74) is 7.55. The predicted molar refractivity (Wildman–Crippen MR) is 72.0 cm³/mol. The zero-order valence-corrected chi connectivity index (χ0v) is 11.6. The van der Waals surface area contributed by atoms with E-state index < -0.39 is 6.04 Å². The fraction of sp³-hybridized carbons (Fsp3) is 0.417. The van der Waals surface area contributed by atoms with Gasteiger partial charge in [-0.15, -0.1) is 0 Å². The van der Waals surface area contributed by atoms with E-state index in [9.17, 15) is 4.79 Å². The molecule has 0 spiro atoms. The topological polar surface area (TPSA) is 64.3 Å². The van der Waals surface area contributed by atoms with E-state index in [4.69, 9.17) is 10.5 Å². The Morgan fingerprint density at radius 1 is 1.59 bits per heavy atom. The van der Waals surface area contributed by atoms with Gasteiger partial charge in [0.25, 0.3) is 0 Å². The van der Waals surface area contributed by atoms with Crippen molar-refractivity contribution in [2.24, 2.45) is 5.73 Å². The van der Waals surface area contributed by atoms with Crippen LogP contribution in [0.3, 0.4) is 0 Å². The molecule has 0 aliphatic rings. The summed E-state index contributed by atoms with van der Waals surface area (Å²) in [5, 5.41) is 2.79. The summed E-state index contributed by atoms with van der Waals surface area (Å²) >= 11 is 3.38. The van der Waals surface area contributed by atoms with Crippen molar-refractivity contribution in [2.45, 2.75) is 19.4 Å². The lowest BCUT2D eigenvalue weighted by Crippen LogP contribution is -2.36. The average Bonchev–Trinajstić information content (AvgIpc) is 2.30. The normalized spacial score (nSPS) is 12.2. The zero-order chi connectivity index (χ0) is 12.8. The monoisotopic (exact) mass is 300 g/mol. The van der Waals surface area contributed by atoms with Gasteiger partial charge >= 0.3 is 0 Å². The van der Waals surface area contributed by atoms with E-state index in [-0.39, 0.29) is 5.91 Å². The van der Waals surface area contributed by atoms with Gasteiger partial charge in [-0.2, -0.15) is 0 Å². The van der Waals surface area contributed by atoms with Crippen molar-refractivity contribution in [2.75, 3.05) is 19.0 Å². The second-order valence-electron chi connectivity index (χ2n) is 3.86. The molecule has 94 valence electrons. The van der Waals surface area contributed by atoms with Crippen LogP contribution in [0.2, 0.25) is 0 Å². The maximum Gasteiger partial charge on any atom is 0.241 e. The first kappa shape index (κ1) is 14.2. The van der Waals surface area contributed by atoms with Crippen LogP contribution in [-0.2, 0) is 9.53 Å². The number of amides is 1. The number of nitrogens with one attached hydrogen (secondary N) is 1. The van der Waals surface area contributed by atoms with Gasteiger partial charge in [-0.3, -0.25) is 4.79 Å². The lowest BCUT2D eigenvalue weighted by molar-refractivity contribution is -0.117. The summed E-state index contributed by atoms with van der Waals surface area (Å²) in [7, 11) is 1.59. The van der Waals surface area contributed by atoms with Crippen LogP contribution in [0, 0.1) is 6.92 Å². The molecule has 0 heterocycles. The number of halogens is 1. The van der Waals surface area contributed by atoms with Gasteiger partial charge in [-0.05, 0) is 47.0 Å². The summed E-state index contributed by atoms with van der Waals surface area (Å²) in [4.78, 5) is 11.8. The lowest BCUT2D eigenvalue weighted by atomic mass is 10.2. The second-order valence-corrected chi connectivity index (χ2v) is 4.71. The van der Waals surface area contributed by atoms with Crippen molar-refractivity contribution >= 4 is 27.5 Å². The maximum atomic E-state index is 11.8. The number of carbonyl (C=O) groups excluding carboxylic acids is 1. The quantitative estimate of drug-likeness (QED) is 0.875. The van der Waals surface area contributed by atoms with E-state index in [1.807, 2.05) is 25.1 Å². The molecule has 1 aromatic rings. The molecule has 1 rings (SSSR count). The number of nitrogens with two attached hydrogens (primary N) is 1. The van der Waals surface area contributed by atoms with Gasteiger partial charge < -0.3 is 15.8 Å². The van der Waals surface area contributed by atoms with E-state index >= 15 is 0 Å². The number of methoxy groups -OCH3 is 1. The van der Waals surface area contributed by atoms with Crippen LogP contribution < -0.4 is 11.1 Å². The third kappa shape index (κ3) is 4.46. The molecule has 0 bridgehead atoms. The molecular weight excluding hydrogens is 284 g/mol. The Kier molecular flexibility index (Phi) is 5.61. The first-order chi connectivity index (χ1) is 8.04. The molecule has 0 aliphatic heterocycles. The fourth-order valence-corrected chi connectivity index (χ4v) is 1.68. The maximum absolute atomic E-state index is 11.8. The Hall–Kier alpha value is -0.910. The molecule has 1 aromatic carbocycles. The summed E-state index contributed by atoms with van der Waals surface area (Å²) in [6.45, 7) is 2.44. The first-order valence-electron chi connectivity index (χ1n) is 5.36.